The van der Waals surface area contributed by atoms with Crippen molar-refractivity contribution < 1.29 is 17.9 Å². The van der Waals surface area contributed by atoms with Gasteiger partial charge in [-0.2, -0.15) is 4.31 Å². The fourth-order valence-corrected chi connectivity index (χ4v) is 5.05. The van der Waals surface area contributed by atoms with Gasteiger partial charge >= 0.3 is 0 Å². The van der Waals surface area contributed by atoms with Crippen LogP contribution in [0.5, 0.6) is 0 Å². The van der Waals surface area contributed by atoms with Crippen LogP contribution in [0.25, 0.3) is 0 Å². The van der Waals surface area contributed by atoms with Gasteiger partial charge in [-0.05, 0) is 29.3 Å². The first-order chi connectivity index (χ1) is 15.1. The molecule has 1 amide bonds. The summed E-state index contributed by atoms with van der Waals surface area (Å²) in [4.78, 5) is 13.2. The number of nitrogens with one attached hydrogen (secondary N) is 1. The van der Waals surface area contributed by atoms with Crippen LogP contribution in [-0.2, 0) is 14.8 Å². The Bertz CT molecular complexity index is 1090. The number of sulfonamides is 1. The average Bonchev–Trinajstić information content (AvgIpc) is 2.84. The molecule has 0 spiro atoms. The fourth-order valence-electron chi connectivity index (χ4n) is 3.60. The van der Waals surface area contributed by atoms with Crippen molar-refractivity contribution in [3.63, 3.8) is 0 Å². The quantitative estimate of drug-likeness (QED) is 0.644. The number of hydrogen-bond acceptors (Lipinski definition) is 4. The summed E-state index contributed by atoms with van der Waals surface area (Å²) in [5, 5.41) is 3.06. The molecule has 7 heteroatoms. The molecule has 0 atom stereocenters. The van der Waals surface area contributed by atoms with E-state index in [0.717, 1.165) is 11.1 Å². The standard InChI is InChI=1S/C24H24N2O4S/c27-24(25-23(19-8-3-1-4-9-19)20-10-5-2-6-11-20)21-12-7-13-22(18-21)31(28,29)26-14-16-30-17-15-26/h1-13,18,23H,14-17H2,(H,25,27). The van der Waals surface area contributed by atoms with Crippen LogP contribution in [-0.4, -0.2) is 44.9 Å². The predicted octanol–water partition coefficient (Wildman–Crippen LogP) is 3.23. The second-order valence-electron chi connectivity index (χ2n) is 7.27. The third-order valence-corrected chi connectivity index (χ3v) is 7.14. The van der Waals surface area contributed by atoms with E-state index in [0.29, 0.717) is 31.9 Å². The summed E-state index contributed by atoms with van der Waals surface area (Å²) < 4.78 is 32.6. The minimum Gasteiger partial charge on any atom is -0.379 e. The molecule has 1 aliphatic rings. The van der Waals surface area contributed by atoms with Crippen LogP contribution in [0.1, 0.15) is 27.5 Å². The Hall–Kier alpha value is -3.00. The van der Waals surface area contributed by atoms with Gasteiger partial charge in [0.2, 0.25) is 10.0 Å². The minimum atomic E-state index is -3.68. The van der Waals surface area contributed by atoms with Crippen molar-refractivity contribution in [3.05, 3.63) is 102 Å². The summed E-state index contributed by atoms with van der Waals surface area (Å²) in [6.07, 6.45) is 0. The topological polar surface area (TPSA) is 75.7 Å². The maximum Gasteiger partial charge on any atom is 0.252 e. The zero-order valence-corrected chi connectivity index (χ0v) is 17.8. The highest BCUT2D eigenvalue weighted by Crippen LogP contribution is 2.23. The Morgan fingerprint density at radius 1 is 0.839 bits per heavy atom. The zero-order valence-electron chi connectivity index (χ0n) is 17.0. The van der Waals surface area contributed by atoms with Crippen molar-refractivity contribution in [3.8, 4) is 0 Å². The molecule has 0 radical (unpaired) electrons. The predicted molar refractivity (Wildman–Crippen MR) is 118 cm³/mol. The normalized spacial score (nSPS) is 15.0. The zero-order chi connectivity index (χ0) is 21.7. The van der Waals surface area contributed by atoms with Gasteiger partial charge in [-0.15, -0.1) is 0 Å². The van der Waals surface area contributed by atoms with Crippen LogP contribution in [0.15, 0.2) is 89.8 Å². The Morgan fingerprint density at radius 2 is 1.42 bits per heavy atom. The van der Waals surface area contributed by atoms with Gasteiger partial charge in [-0.25, -0.2) is 8.42 Å². The first-order valence-corrected chi connectivity index (χ1v) is 11.6. The molecule has 1 heterocycles. The van der Waals surface area contributed by atoms with Gasteiger partial charge in [0.25, 0.3) is 5.91 Å². The van der Waals surface area contributed by atoms with Gasteiger partial charge in [0, 0.05) is 18.7 Å². The second kappa shape index (κ2) is 9.43. The lowest BCUT2D eigenvalue weighted by atomic mass is 9.98. The molecule has 0 aromatic heterocycles. The Morgan fingerprint density at radius 3 is 2.00 bits per heavy atom. The van der Waals surface area contributed by atoms with E-state index in [4.69, 9.17) is 4.74 Å². The Balaban J connectivity index is 1.61. The molecular formula is C24H24N2O4S. The van der Waals surface area contributed by atoms with E-state index in [9.17, 15) is 13.2 Å². The third-order valence-electron chi connectivity index (χ3n) is 5.25. The second-order valence-corrected chi connectivity index (χ2v) is 9.21. The molecule has 160 valence electrons. The number of carbonyl (C=O) groups excluding carboxylic acids is 1. The van der Waals surface area contributed by atoms with E-state index in [2.05, 4.69) is 5.32 Å². The van der Waals surface area contributed by atoms with E-state index < -0.39 is 10.0 Å². The molecule has 3 aromatic rings. The van der Waals surface area contributed by atoms with Crippen LogP contribution >= 0.6 is 0 Å². The van der Waals surface area contributed by atoms with E-state index >= 15 is 0 Å². The number of hydrogen-bond donors (Lipinski definition) is 1. The molecule has 1 fully saturated rings. The van der Waals surface area contributed by atoms with Gasteiger partial charge < -0.3 is 10.1 Å². The Kier molecular flexibility index (Phi) is 6.46. The molecule has 1 aliphatic heterocycles. The van der Waals surface area contributed by atoms with Gasteiger partial charge in [-0.1, -0.05) is 66.7 Å². The number of amides is 1. The molecule has 1 saturated heterocycles. The van der Waals surface area contributed by atoms with Crippen molar-refractivity contribution in [2.24, 2.45) is 0 Å². The van der Waals surface area contributed by atoms with E-state index in [-0.39, 0.29) is 16.8 Å². The van der Waals surface area contributed by atoms with Gasteiger partial charge in [0.15, 0.2) is 0 Å². The number of ether oxygens (including phenoxy) is 1. The molecule has 6 nitrogen and oxygen atoms in total. The number of carbonyl (C=O) groups is 1. The number of rotatable bonds is 6. The maximum atomic E-state index is 13.1. The van der Waals surface area contributed by atoms with Crippen LogP contribution < -0.4 is 5.32 Å². The number of morpholine rings is 1. The molecule has 31 heavy (non-hydrogen) atoms. The van der Waals surface area contributed by atoms with Crippen molar-refractivity contribution in [1.82, 2.24) is 9.62 Å². The summed E-state index contributed by atoms with van der Waals surface area (Å²) in [5.74, 6) is -0.336. The van der Waals surface area contributed by atoms with Crippen LogP contribution in [0.4, 0.5) is 0 Å². The van der Waals surface area contributed by atoms with Crippen molar-refractivity contribution in [1.29, 1.82) is 0 Å². The van der Waals surface area contributed by atoms with Crippen LogP contribution in [0.3, 0.4) is 0 Å². The minimum absolute atomic E-state index is 0.109. The van der Waals surface area contributed by atoms with Crippen molar-refractivity contribution in [2.75, 3.05) is 26.3 Å². The third kappa shape index (κ3) is 4.85. The lowest BCUT2D eigenvalue weighted by molar-refractivity contribution is 0.0730. The van der Waals surface area contributed by atoms with Crippen molar-refractivity contribution >= 4 is 15.9 Å². The summed E-state index contributed by atoms with van der Waals surface area (Å²) in [6, 6.07) is 25.2. The molecule has 3 aromatic carbocycles. The smallest absolute Gasteiger partial charge is 0.252 e. The van der Waals surface area contributed by atoms with Gasteiger partial charge in [0.1, 0.15) is 0 Å². The highest BCUT2D eigenvalue weighted by molar-refractivity contribution is 7.89. The van der Waals surface area contributed by atoms with Crippen LogP contribution in [0, 0.1) is 0 Å². The summed E-state index contributed by atoms with van der Waals surface area (Å²) in [7, 11) is -3.68. The van der Waals surface area contributed by atoms with E-state index in [1.807, 2.05) is 60.7 Å². The molecule has 0 aliphatic carbocycles. The summed E-state index contributed by atoms with van der Waals surface area (Å²) in [5.41, 5.74) is 2.18. The molecule has 4 rings (SSSR count). The Labute approximate surface area is 182 Å². The molecule has 0 saturated carbocycles. The molecule has 1 N–H and O–H groups in total. The summed E-state index contributed by atoms with van der Waals surface area (Å²) >= 11 is 0. The first-order valence-electron chi connectivity index (χ1n) is 10.1. The monoisotopic (exact) mass is 436 g/mol. The fraction of sp³-hybridized carbons (Fsp3) is 0.208. The molecule has 0 bridgehead atoms. The highest BCUT2D eigenvalue weighted by atomic mass is 32.2. The van der Waals surface area contributed by atoms with E-state index in [1.54, 1.807) is 12.1 Å². The van der Waals surface area contributed by atoms with Gasteiger partial charge in [-0.3, -0.25) is 4.79 Å². The maximum absolute atomic E-state index is 13.1. The SMILES string of the molecule is O=C(NC(c1ccccc1)c1ccccc1)c1cccc(S(=O)(=O)N2CCOCC2)c1. The molecular weight excluding hydrogens is 412 g/mol. The van der Waals surface area contributed by atoms with Crippen LogP contribution in [0.2, 0.25) is 0 Å². The largest absolute Gasteiger partial charge is 0.379 e. The van der Waals surface area contributed by atoms with Crippen molar-refractivity contribution in [2.45, 2.75) is 10.9 Å². The van der Waals surface area contributed by atoms with E-state index in [1.165, 1.54) is 16.4 Å². The number of nitrogens with zero attached hydrogens (tertiary/aromatic N) is 1. The number of benzene rings is 3. The highest BCUT2D eigenvalue weighted by Gasteiger charge is 2.27. The summed E-state index contributed by atoms with van der Waals surface area (Å²) in [6.45, 7) is 1.36. The first kappa shape index (κ1) is 21.2. The average molecular weight is 437 g/mol. The molecule has 0 unspecified atom stereocenters. The lowest BCUT2D eigenvalue weighted by Crippen LogP contribution is -2.40. The lowest BCUT2D eigenvalue weighted by Gasteiger charge is -2.26. The van der Waals surface area contributed by atoms with Gasteiger partial charge in [0.05, 0.1) is 24.2 Å².